The minimum absolute atomic E-state index is 0.461. The maximum atomic E-state index is 6.02. The molecule has 1 aromatic rings. The Labute approximate surface area is 108 Å². The first-order chi connectivity index (χ1) is 8.36. The summed E-state index contributed by atoms with van der Waals surface area (Å²) in [6, 6.07) is 2.71. The van der Waals surface area contributed by atoms with Gasteiger partial charge in [-0.3, -0.25) is 4.90 Å². The van der Waals surface area contributed by atoms with Crippen molar-refractivity contribution in [2.45, 2.75) is 31.7 Å². The van der Waals surface area contributed by atoms with Gasteiger partial charge in [-0.05, 0) is 59.9 Å². The third-order valence-corrected chi connectivity index (χ3v) is 4.67. The summed E-state index contributed by atoms with van der Waals surface area (Å²) >= 11 is 1.79. The molecule has 2 aliphatic rings. The van der Waals surface area contributed by atoms with E-state index < -0.39 is 0 Å². The van der Waals surface area contributed by atoms with Crippen LogP contribution in [0, 0.1) is 11.8 Å². The van der Waals surface area contributed by atoms with Crippen LogP contribution in [0.5, 0.6) is 0 Å². The number of hydrogen-bond donors (Lipinski definition) is 1. The van der Waals surface area contributed by atoms with Crippen LogP contribution in [0.25, 0.3) is 0 Å². The van der Waals surface area contributed by atoms with Crippen LogP contribution in [0.1, 0.15) is 37.3 Å². The topological polar surface area (TPSA) is 29.3 Å². The molecule has 1 unspecified atom stereocenters. The SMILES string of the molecule is NCC(c1ccsc1)N(CC1CC1)CC1CC1. The van der Waals surface area contributed by atoms with Crippen molar-refractivity contribution in [2.75, 3.05) is 19.6 Å². The van der Waals surface area contributed by atoms with Gasteiger partial charge in [0.1, 0.15) is 0 Å². The monoisotopic (exact) mass is 250 g/mol. The minimum Gasteiger partial charge on any atom is -0.329 e. The Balaban J connectivity index is 1.69. The zero-order chi connectivity index (χ0) is 11.7. The van der Waals surface area contributed by atoms with Crippen molar-refractivity contribution in [3.8, 4) is 0 Å². The Hall–Kier alpha value is -0.380. The van der Waals surface area contributed by atoms with E-state index >= 15 is 0 Å². The molecule has 0 aromatic carbocycles. The van der Waals surface area contributed by atoms with Crippen LogP contribution in [-0.4, -0.2) is 24.5 Å². The Kier molecular flexibility index (Phi) is 3.50. The fourth-order valence-electron chi connectivity index (χ4n) is 2.55. The molecule has 2 aliphatic carbocycles. The van der Waals surface area contributed by atoms with E-state index in [4.69, 9.17) is 5.73 Å². The lowest BCUT2D eigenvalue weighted by atomic mass is 10.1. The number of hydrogen-bond acceptors (Lipinski definition) is 3. The molecule has 1 atom stereocenters. The second-order valence-corrected chi connectivity index (χ2v) is 6.43. The fourth-order valence-corrected chi connectivity index (χ4v) is 3.26. The average molecular weight is 250 g/mol. The molecular formula is C14H22N2S. The maximum Gasteiger partial charge on any atom is 0.0478 e. The molecular weight excluding hydrogens is 228 g/mol. The molecule has 0 saturated heterocycles. The van der Waals surface area contributed by atoms with E-state index in [1.54, 1.807) is 11.3 Å². The standard InChI is InChI=1S/C14H22N2S/c15-7-14(13-5-6-17-10-13)16(8-11-1-2-11)9-12-3-4-12/h5-6,10-12,14H,1-4,7-9,15H2. The lowest BCUT2D eigenvalue weighted by Gasteiger charge is -2.30. The van der Waals surface area contributed by atoms with Gasteiger partial charge in [0.2, 0.25) is 0 Å². The number of rotatable bonds is 7. The van der Waals surface area contributed by atoms with E-state index in [2.05, 4.69) is 21.7 Å². The molecule has 0 spiro atoms. The molecule has 1 aromatic heterocycles. The number of thiophene rings is 1. The van der Waals surface area contributed by atoms with E-state index in [1.807, 2.05) is 0 Å². The summed E-state index contributed by atoms with van der Waals surface area (Å²) in [6.45, 7) is 3.30. The summed E-state index contributed by atoms with van der Waals surface area (Å²) < 4.78 is 0. The lowest BCUT2D eigenvalue weighted by Crippen LogP contribution is -2.36. The zero-order valence-corrected chi connectivity index (χ0v) is 11.2. The van der Waals surface area contributed by atoms with Crippen LogP contribution in [0.2, 0.25) is 0 Å². The molecule has 0 radical (unpaired) electrons. The minimum atomic E-state index is 0.461. The van der Waals surface area contributed by atoms with Crippen LogP contribution < -0.4 is 5.73 Å². The van der Waals surface area contributed by atoms with Crippen LogP contribution in [0.4, 0.5) is 0 Å². The summed E-state index contributed by atoms with van der Waals surface area (Å²) in [5.41, 5.74) is 7.45. The Morgan fingerprint density at radius 1 is 1.24 bits per heavy atom. The first-order valence-electron chi connectivity index (χ1n) is 6.83. The normalized spacial score (nSPS) is 22.0. The third kappa shape index (κ3) is 3.09. The molecule has 2 fully saturated rings. The summed E-state index contributed by atoms with van der Waals surface area (Å²) in [6.07, 6.45) is 5.73. The third-order valence-electron chi connectivity index (χ3n) is 3.97. The van der Waals surface area contributed by atoms with Crippen molar-refractivity contribution < 1.29 is 0 Å². The van der Waals surface area contributed by atoms with Crippen LogP contribution >= 0.6 is 11.3 Å². The summed E-state index contributed by atoms with van der Waals surface area (Å²) in [5.74, 6) is 1.92. The van der Waals surface area contributed by atoms with Gasteiger partial charge in [0.25, 0.3) is 0 Å². The fraction of sp³-hybridized carbons (Fsp3) is 0.714. The van der Waals surface area contributed by atoms with Gasteiger partial charge in [-0.25, -0.2) is 0 Å². The van der Waals surface area contributed by atoms with E-state index in [-0.39, 0.29) is 0 Å². The molecule has 0 bridgehead atoms. The van der Waals surface area contributed by atoms with Crippen LogP contribution in [-0.2, 0) is 0 Å². The summed E-state index contributed by atoms with van der Waals surface area (Å²) in [7, 11) is 0. The highest BCUT2D eigenvalue weighted by atomic mass is 32.1. The van der Waals surface area contributed by atoms with Gasteiger partial charge in [0.15, 0.2) is 0 Å². The molecule has 0 amide bonds. The van der Waals surface area contributed by atoms with Crippen molar-refractivity contribution in [1.82, 2.24) is 4.90 Å². The number of nitrogens with zero attached hydrogens (tertiary/aromatic N) is 1. The quantitative estimate of drug-likeness (QED) is 0.806. The highest BCUT2D eigenvalue weighted by Gasteiger charge is 2.32. The van der Waals surface area contributed by atoms with Crippen molar-refractivity contribution in [3.63, 3.8) is 0 Å². The van der Waals surface area contributed by atoms with Crippen LogP contribution in [0.3, 0.4) is 0 Å². The Morgan fingerprint density at radius 3 is 2.29 bits per heavy atom. The molecule has 0 aliphatic heterocycles. The molecule has 2 saturated carbocycles. The molecule has 3 rings (SSSR count). The highest BCUT2D eigenvalue weighted by molar-refractivity contribution is 7.07. The molecule has 3 heteroatoms. The number of nitrogens with two attached hydrogens (primary N) is 1. The molecule has 17 heavy (non-hydrogen) atoms. The molecule has 2 nitrogen and oxygen atoms in total. The molecule has 1 heterocycles. The van der Waals surface area contributed by atoms with Crippen molar-refractivity contribution in [3.05, 3.63) is 22.4 Å². The van der Waals surface area contributed by atoms with E-state index in [0.29, 0.717) is 6.04 Å². The van der Waals surface area contributed by atoms with E-state index in [1.165, 1.54) is 44.3 Å². The van der Waals surface area contributed by atoms with Crippen molar-refractivity contribution >= 4 is 11.3 Å². The summed E-state index contributed by atoms with van der Waals surface area (Å²) in [5, 5.41) is 4.44. The highest BCUT2D eigenvalue weighted by Crippen LogP contribution is 2.37. The van der Waals surface area contributed by atoms with Gasteiger partial charge >= 0.3 is 0 Å². The van der Waals surface area contributed by atoms with Gasteiger partial charge in [-0.15, -0.1) is 0 Å². The first-order valence-corrected chi connectivity index (χ1v) is 7.77. The van der Waals surface area contributed by atoms with E-state index in [0.717, 1.165) is 18.4 Å². The van der Waals surface area contributed by atoms with Gasteiger partial charge in [-0.1, -0.05) is 0 Å². The second-order valence-electron chi connectivity index (χ2n) is 5.65. The van der Waals surface area contributed by atoms with Crippen molar-refractivity contribution in [1.29, 1.82) is 0 Å². The van der Waals surface area contributed by atoms with Gasteiger partial charge < -0.3 is 5.73 Å². The summed E-state index contributed by atoms with van der Waals surface area (Å²) in [4.78, 5) is 2.66. The second kappa shape index (κ2) is 5.09. The van der Waals surface area contributed by atoms with E-state index in [9.17, 15) is 0 Å². The van der Waals surface area contributed by atoms with Gasteiger partial charge in [0.05, 0.1) is 0 Å². The molecule has 2 N–H and O–H groups in total. The van der Waals surface area contributed by atoms with Crippen LogP contribution in [0.15, 0.2) is 16.8 Å². The van der Waals surface area contributed by atoms with Gasteiger partial charge in [0, 0.05) is 25.7 Å². The first kappa shape index (κ1) is 11.7. The zero-order valence-electron chi connectivity index (χ0n) is 10.3. The average Bonchev–Trinajstić information content (AvgIpc) is 3.24. The smallest absolute Gasteiger partial charge is 0.0478 e. The largest absolute Gasteiger partial charge is 0.329 e. The van der Waals surface area contributed by atoms with Gasteiger partial charge in [-0.2, -0.15) is 11.3 Å². The predicted octanol–water partition coefficient (Wildman–Crippen LogP) is 2.87. The maximum absolute atomic E-state index is 6.02. The lowest BCUT2D eigenvalue weighted by molar-refractivity contribution is 0.185. The Bertz CT molecular complexity index is 327. The molecule has 94 valence electrons. The van der Waals surface area contributed by atoms with Crippen molar-refractivity contribution in [2.24, 2.45) is 17.6 Å². The Morgan fingerprint density at radius 2 is 1.88 bits per heavy atom. The predicted molar refractivity (Wildman–Crippen MR) is 73.1 cm³/mol.